The minimum atomic E-state index is -3.76. The maximum atomic E-state index is 13.6. The molecule has 0 bridgehead atoms. The smallest absolute Gasteiger partial charge is 0.244 e. The summed E-state index contributed by atoms with van der Waals surface area (Å²) in [5.41, 5.74) is 2.88. The highest BCUT2D eigenvalue weighted by Gasteiger charge is 2.35. The van der Waals surface area contributed by atoms with Gasteiger partial charge in [0.2, 0.25) is 27.6 Å². The molecule has 3 heterocycles. The summed E-state index contributed by atoms with van der Waals surface area (Å²) in [6.07, 6.45) is 4.57. The van der Waals surface area contributed by atoms with E-state index in [4.69, 9.17) is 4.52 Å². The van der Waals surface area contributed by atoms with Gasteiger partial charge in [-0.1, -0.05) is 29.3 Å². The molecule has 1 aliphatic carbocycles. The summed E-state index contributed by atoms with van der Waals surface area (Å²) in [6.45, 7) is 6.32. The molecule has 186 valence electrons. The molecule has 1 atom stereocenters. The number of nitrogens with one attached hydrogen (secondary N) is 1. The van der Waals surface area contributed by atoms with Gasteiger partial charge >= 0.3 is 0 Å². The first-order chi connectivity index (χ1) is 16.7. The van der Waals surface area contributed by atoms with Crippen LogP contribution < -0.4 is 5.32 Å². The number of piperidine rings is 1. The Hall–Kier alpha value is -2.56. The molecule has 0 radical (unpaired) electrons. The van der Waals surface area contributed by atoms with Crippen LogP contribution in [-0.4, -0.2) is 41.9 Å². The van der Waals surface area contributed by atoms with Crippen molar-refractivity contribution in [2.24, 2.45) is 5.92 Å². The van der Waals surface area contributed by atoms with Crippen molar-refractivity contribution in [3.8, 4) is 10.7 Å². The zero-order valence-electron chi connectivity index (χ0n) is 20.2. The molecule has 3 aromatic rings. The third kappa shape index (κ3) is 4.79. The quantitative estimate of drug-likeness (QED) is 0.495. The van der Waals surface area contributed by atoms with E-state index in [1.54, 1.807) is 13.0 Å². The number of aromatic nitrogens is 2. The maximum Gasteiger partial charge on any atom is 0.244 e. The molecular formula is C25H30N4O4S2. The number of carbonyl (C=O) groups is 1. The average Bonchev–Trinajstić information content (AvgIpc) is 3.42. The van der Waals surface area contributed by atoms with Gasteiger partial charge in [-0.15, -0.1) is 11.3 Å². The zero-order chi connectivity index (χ0) is 24.7. The lowest BCUT2D eigenvalue weighted by atomic mass is 9.85. The molecule has 0 spiro atoms. The van der Waals surface area contributed by atoms with E-state index in [1.807, 2.05) is 32.0 Å². The number of aryl methyl sites for hydroxylation is 3. The monoisotopic (exact) mass is 514 g/mol. The molecule has 2 aromatic heterocycles. The molecular weight excluding hydrogens is 484 g/mol. The Bertz CT molecular complexity index is 1360. The van der Waals surface area contributed by atoms with Gasteiger partial charge in [0, 0.05) is 29.6 Å². The summed E-state index contributed by atoms with van der Waals surface area (Å²) < 4.78 is 34.0. The molecule has 10 heteroatoms. The lowest BCUT2D eigenvalue weighted by molar-refractivity contribution is -0.120. The summed E-state index contributed by atoms with van der Waals surface area (Å²) in [6, 6.07) is 7.51. The standard InChI is InChI=1S/C25H30N4O4S2/c1-15-9-10-20(16(2)12-15)26-24(30)19-8-5-11-29(14-19)35(31,32)22-13-21(34-17(22)3)23-27-25(33-28-23)18-6-4-7-18/h9-10,12-13,18-19H,4-8,11,14H2,1-3H3,(H,26,30). The van der Waals surface area contributed by atoms with Crippen LogP contribution >= 0.6 is 11.3 Å². The molecule has 1 saturated heterocycles. The summed E-state index contributed by atoms with van der Waals surface area (Å²) >= 11 is 1.35. The third-order valence-corrected chi connectivity index (χ3v) is 10.2. The highest BCUT2D eigenvalue weighted by atomic mass is 32.2. The van der Waals surface area contributed by atoms with Crippen molar-refractivity contribution in [2.75, 3.05) is 18.4 Å². The fourth-order valence-electron chi connectivity index (χ4n) is 4.69. The fourth-order valence-corrected chi connectivity index (χ4v) is 7.70. The molecule has 5 rings (SSSR count). The zero-order valence-corrected chi connectivity index (χ0v) is 21.8. The molecule has 1 saturated carbocycles. The predicted molar refractivity (Wildman–Crippen MR) is 135 cm³/mol. The van der Waals surface area contributed by atoms with Crippen LogP contribution in [0.1, 0.15) is 59.9 Å². The molecule has 8 nitrogen and oxygen atoms in total. The van der Waals surface area contributed by atoms with Crippen molar-refractivity contribution < 1.29 is 17.7 Å². The largest absolute Gasteiger partial charge is 0.339 e. The van der Waals surface area contributed by atoms with Gasteiger partial charge in [0.05, 0.1) is 15.7 Å². The summed E-state index contributed by atoms with van der Waals surface area (Å²) in [4.78, 5) is 19.1. The highest BCUT2D eigenvalue weighted by Crippen LogP contribution is 2.38. The van der Waals surface area contributed by atoms with Crippen LogP contribution in [0.2, 0.25) is 0 Å². The topological polar surface area (TPSA) is 105 Å². The first-order valence-corrected chi connectivity index (χ1v) is 14.3. The van der Waals surface area contributed by atoms with Gasteiger partial charge < -0.3 is 9.84 Å². The molecule has 35 heavy (non-hydrogen) atoms. The minimum absolute atomic E-state index is 0.144. The van der Waals surface area contributed by atoms with E-state index in [0.717, 1.165) is 29.7 Å². The van der Waals surface area contributed by atoms with E-state index in [0.29, 0.717) is 46.8 Å². The molecule has 2 fully saturated rings. The van der Waals surface area contributed by atoms with Crippen molar-refractivity contribution in [1.29, 1.82) is 0 Å². The van der Waals surface area contributed by atoms with E-state index in [2.05, 4.69) is 15.5 Å². The van der Waals surface area contributed by atoms with Gasteiger partial charge in [-0.2, -0.15) is 9.29 Å². The van der Waals surface area contributed by atoms with Crippen LogP contribution in [0.5, 0.6) is 0 Å². The first kappa shape index (κ1) is 24.1. The molecule has 1 aromatic carbocycles. The van der Waals surface area contributed by atoms with Gasteiger partial charge in [0.15, 0.2) is 0 Å². The second-order valence-corrected chi connectivity index (χ2v) is 12.8. The number of amides is 1. The Balaban J connectivity index is 1.32. The number of hydrogen-bond donors (Lipinski definition) is 1. The third-order valence-electron chi connectivity index (χ3n) is 7.00. The summed E-state index contributed by atoms with van der Waals surface area (Å²) in [5.74, 6) is 0.844. The van der Waals surface area contributed by atoms with E-state index in [9.17, 15) is 13.2 Å². The number of anilines is 1. The van der Waals surface area contributed by atoms with Crippen LogP contribution in [0.15, 0.2) is 33.7 Å². The van der Waals surface area contributed by atoms with Gasteiger partial charge in [0.1, 0.15) is 0 Å². The Morgan fingerprint density at radius 1 is 1.14 bits per heavy atom. The number of benzene rings is 1. The average molecular weight is 515 g/mol. The van der Waals surface area contributed by atoms with Gasteiger partial charge in [-0.25, -0.2) is 8.42 Å². The molecule has 1 unspecified atom stereocenters. The number of thiophene rings is 1. The van der Waals surface area contributed by atoms with Gasteiger partial charge in [-0.05, 0) is 64.2 Å². The number of nitrogens with zero attached hydrogens (tertiary/aromatic N) is 3. The van der Waals surface area contributed by atoms with Crippen molar-refractivity contribution in [2.45, 2.75) is 63.7 Å². The summed E-state index contributed by atoms with van der Waals surface area (Å²) in [7, 11) is -3.76. The molecule has 1 aliphatic heterocycles. The van der Waals surface area contributed by atoms with Crippen LogP contribution in [0.3, 0.4) is 0 Å². The van der Waals surface area contributed by atoms with Crippen LogP contribution in [0.4, 0.5) is 5.69 Å². The Morgan fingerprint density at radius 3 is 2.66 bits per heavy atom. The SMILES string of the molecule is Cc1ccc(NC(=O)C2CCCN(S(=O)(=O)c3cc(-c4noc(C5CCC5)n4)sc3C)C2)c(C)c1. The van der Waals surface area contributed by atoms with Crippen LogP contribution in [0, 0.1) is 26.7 Å². The Morgan fingerprint density at radius 2 is 1.94 bits per heavy atom. The second kappa shape index (κ2) is 9.48. The minimum Gasteiger partial charge on any atom is -0.339 e. The number of hydrogen-bond acceptors (Lipinski definition) is 7. The Labute approximate surface area is 209 Å². The highest BCUT2D eigenvalue weighted by molar-refractivity contribution is 7.89. The van der Waals surface area contributed by atoms with Gasteiger partial charge in [0.25, 0.3) is 0 Å². The molecule has 1 N–H and O–H groups in total. The van der Waals surface area contributed by atoms with Crippen LogP contribution in [0.25, 0.3) is 10.7 Å². The normalized spacial score (nSPS) is 19.5. The molecule has 1 amide bonds. The first-order valence-electron chi connectivity index (χ1n) is 12.0. The number of carbonyl (C=O) groups excluding carboxylic acids is 1. The number of sulfonamides is 1. The fraction of sp³-hybridized carbons (Fsp3) is 0.480. The predicted octanol–water partition coefficient (Wildman–Crippen LogP) is 5.03. The van der Waals surface area contributed by atoms with Crippen LogP contribution in [-0.2, 0) is 14.8 Å². The molecule has 2 aliphatic rings. The van der Waals surface area contributed by atoms with Crippen molar-refractivity contribution in [3.63, 3.8) is 0 Å². The summed E-state index contributed by atoms with van der Waals surface area (Å²) in [5, 5.41) is 7.08. The second-order valence-electron chi connectivity index (χ2n) is 9.62. The van der Waals surface area contributed by atoms with E-state index in [1.165, 1.54) is 22.1 Å². The maximum absolute atomic E-state index is 13.6. The van der Waals surface area contributed by atoms with Crippen molar-refractivity contribution in [3.05, 3.63) is 46.2 Å². The van der Waals surface area contributed by atoms with Crippen molar-refractivity contribution >= 4 is 33.0 Å². The van der Waals surface area contributed by atoms with Crippen molar-refractivity contribution in [1.82, 2.24) is 14.4 Å². The van der Waals surface area contributed by atoms with E-state index >= 15 is 0 Å². The Kier molecular flexibility index (Phi) is 6.54. The van der Waals surface area contributed by atoms with E-state index < -0.39 is 15.9 Å². The van der Waals surface area contributed by atoms with E-state index in [-0.39, 0.29) is 17.3 Å². The lowest BCUT2D eigenvalue weighted by Gasteiger charge is -2.31. The van der Waals surface area contributed by atoms with Gasteiger partial charge in [-0.3, -0.25) is 4.79 Å². The number of rotatable bonds is 6. The lowest BCUT2D eigenvalue weighted by Crippen LogP contribution is -2.43.